The lowest BCUT2D eigenvalue weighted by Gasteiger charge is -2.28. The molecule has 5 nitrogen and oxygen atoms in total. The van der Waals surface area contributed by atoms with Gasteiger partial charge in [0, 0.05) is 19.6 Å². The highest BCUT2D eigenvalue weighted by atomic mass is 16.2. The number of benzene rings is 2. The molecule has 162 valence electrons. The van der Waals surface area contributed by atoms with Gasteiger partial charge < -0.3 is 10.6 Å². The summed E-state index contributed by atoms with van der Waals surface area (Å²) < 4.78 is 0. The molecule has 1 heterocycles. The molecule has 2 amide bonds. The zero-order chi connectivity index (χ0) is 21.2. The van der Waals surface area contributed by atoms with Gasteiger partial charge >= 0.3 is 6.03 Å². The van der Waals surface area contributed by atoms with Gasteiger partial charge in [-0.1, -0.05) is 68.4 Å². The highest BCUT2D eigenvalue weighted by molar-refractivity contribution is 5.73. The third-order valence-electron chi connectivity index (χ3n) is 6.00. The third-order valence-corrected chi connectivity index (χ3v) is 6.00. The van der Waals surface area contributed by atoms with Crippen LogP contribution in [0.15, 0.2) is 54.6 Å². The Morgan fingerprint density at radius 1 is 0.933 bits per heavy atom. The van der Waals surface area contributed by atoms with Crippen molar-refractivity contribution in [1.82, 2.24) is 20.4 Å². The van der Waals surface area contributed by atoms with Crippen LogP contribution in [0, 0.1) is 0 Å². The largest absolute Gasteiger partial charge is 0.336 e. The molecule has 2 aromatic carbocycles. The van der Waals surface area contributed by atoms with Crippen molar-refractivity contribution < 1.29 is 4.79 Å². The second kappa shape index (κ2) is 11.7. The number of nitrogens with zero attached hydrogens (tertiary/aromatic N) is 2. The van der Waals surface area contributed by atoms with Gasteiger partial charge in [-0.25, -0.2) is 4.79 Å². The first-order chi connectivity index (χ1) is 14.7. The van der Waals surface area contributed by atoms with Gasteiger partial charge in [-0.05, 0) is 55.7 Å². The molecule has 0 radical (unpaired) electrons. The summed E-state index contributed by atoms with van der Waals surface area (Å²) in [5.74, 6) is 0. The molecule has 1 unspecified atom stereocenters. The van der Waals surface area contributed by atoms with Gasteiger partial charge in [0.05, 0.1) is 6.04 Å². The van der Waals surface area contributed by atoms with E-state index in [-0.39, 0.29) is 12.1 Å². The molecule has 0 bridgehead atoms. The van der Waals surface area contributed by atoms with Crippen LogP contribution in [0.1, 0.15) is 49.4 Å². The van der Waals surface area contributed by atoms with Crippen molar-refractivity contribution >= 4 is 6.03 Å². The first kappa shape index (κ1) is 22.3. The van der Waals surface area contributed by atoms with E-state index in [0.29, 0.717) is 13.1 Å². The molecular weight excluding hydrogens is 372 g/mol. The molecule has 2 aromatic rings. The molecule has 0 aliphatic carbocycles. The van der Waals surface area contributed by atoms with Gasteiger partial charge in [-0.15, -0.1) is 0 Å². The number of amides is 2. The Labute approximate surface area is 181 Å². The minimum Gasteiger partial charge on any atom is -0.336 e. The Hall–Kier alpha value is -2.37. The van der Waals surface area contributed by atoms with E-state index in [1.807, 2.05) is 6.07 Å². The van der Waals surface area contributed by atoms with Crippen molar-refractivity contribution in [2.45, 2.75) is 45.8 Å². The van der Waals surface area contributed by atoms with Gasteiger partial charge in [-0.2, -0.15) is 0 Å². The van der Waals surface area contributed by atoms with Crippen LogP contribution in [0.3, 0.4) is 0 Å². The van der Waals surface area contributed by atoms with Gasteiger partial charge in [0.2, 0.25) is 0 Å². The van der Waals surface area contributed by atoms with Crippen molar-refractivity contribution in [3.8, 4) is 0 Å². The van der Waals surface area contributed by atoms with Gasteiger partial charge in [0.15, 0.2) is 0 Å². The first-order valence-electron chi connectivity index (χ1n) is 11.3. The smallest absolute Gasteiger partial charge is 0.315 e. The average molecular weight is 409 g/mol. The maximum Gasteiger partial charge on any atom is 0.315 e. The monoisotopic (exact) mass is 408 g/mol. The SMILES string of the molecule is CCN(CC)Cc1ccc(CNC(=O)NCC(c2ccccc2)N2CCCC2)cc1. The number of nitrogens with one attached hydrogen (secondary N) is 2. The van der Waals surface area contributed by atoms with Crippen LogP contribution < -0.4 is 10.6 Å². The molecule has 0 aromatic heterocycles. The van der Waals surface area contributed by atoms with E-state index < -0.39 is 0 Å². The summed E-state index contributed by atoms with van der Waals surface area (Å²) >= 11 is 0. The highest BCUT2D eigenvalue weighted by Gasteiger charge is 2.23. The fourth-order valence-corrected chi connectivity index (χ4v) is 4.09. The van der Waals surface area contributed by atoms with E-state index in [4.69, 9.17) is 0 Å². The second-order valence-electron chi connectivity index (χ2n) is 8.01. The average Bonchev–Trinajstić information content (AvgIpc) is 3.32. The normalized spacial score (nSPS) is 15.3. The van der Waals surface area contributed by atoms with Crippen LogP contribution in [0.4, 0.5) is 4.79 Å². The van der Waals surface area contributed by atoms with E-state index in [0.717, 1.165) is 38.3 Å². The minimum atomic E-state index is -0.109. The maximum absolute atomic E-state index is 12.4. The van der Waals surface area contributed by atoms with Crippen LogP contribution in [0.2, 0.25) is 0 Å². The molecule has 0 spiro atoms. The van der Waals surface area contributed by atoms with Crippen molar-refractivity contribution in [2.24, 2.45) is 0 Å². The van der Waals surface area contributed by atoms with E-state index in [1.165, 1.54) is 24.0 Å². The number of hydrogen-bond acceptors (Lipinski definition) is 3. The minimum absolute atomic E-state index is 0.109. The fourth-order valence-electron chi connectivity index (χ4n) is 4.09. The lowest BCUT2D eigenvalue weighted by molar-refractivity contribution is 0.220. The summed E-state index contributed by atoms with van der Waals surface area (Å²) in [7, 11) is 0. The summed E-state index contributed by atoms with van der Waals surface area (Å²) in [4.78, 5) is 17.3. The number of rotatable bonds is 10. The Kier molecular flexibility index (Phi) is 8.72. The Morgan fingerprint density at radius 2 is 1.57 bits per heavy atom. The maximum atomic E-state index is 12.4. The van der Waals surface area contributed by atoms with Crippen molar-refractivity contribution in [1.29, 1.82) is 0 Å². The summed E-state index contributed by atoms with van der Waals surface area (Å²) in [6.07, 6.45) is 2.47. The van der Waals surface area contributed by atoms with Crippen molar-refractivity contribution in [3.05, 3.63) is 71.3 Å². The van der Waals surface area contributed by atoms with Crippen molar-refractivity contribution in [2.75, 3.05) is 32.7 Å². The van der Waals surface area contributed by atoms with E-state index in [1.54, 1.807) is 0 Å². The predicted molar refractivity (Wildman–Crippen MR) is 123 cm³/mol. The topological polar surface area (TPSA) is 47.6 Å². The van der Waals surface area contributed by atoms with E-state index in [2.05, 4.69) is 82.8 Å². The van der Waals surface area contributed by atoms with Crippen LogP contribution in [0.25, 0.3) is 0 Å². The van der Waals surface area contributed by atoms with E-state index >= 15 is 0 Å². The van der Waals surface area contributed by atoms with Crippen LogP contribution in [0.5, 0.6) is 0 Å². The molecule has 5 heteroatoms. The lowest BCUT2D eigenvalue weighted by atomic mass is 10.1. The highest BCUT2D eigenvalue weighted by Crippen LogP contribution is 2.24. The zero-order valence-corrected chi connectivity index (χ0v) is 18.4. The Bertz CT molecular complexity index is 752. The summed E-state index contributed by atoms with van der Waals surface area (Å²) in [5.41, 5.74) is 3.69. The predicted octanol–water partition coefficient (Wildman–Crippen LogP) is 4.16. The molecular formula is C25H36N4O. The van der Waals surface area contributed by atoms with Gasteiger partial charge in [-0.3, -0.25) is 9.80 Å². The molecule has 1 fully saturated rings. The molecule has 1 saturated heterocycles. The number of carbonyl (C=O) groups is 1. The Balaban J connectivity index is 1.47. The van der Waals surface area contributed by atoms with Gasteiger partial charge in [0.25, 0.3) is 0 Å². The molecule has 1 atom stereocenters. The molecule has 1 aliphatic heterocycles. The van der Waals surface area contributed by atoms with E-state index in [9.17, 15) is 4.79 Å². The fraction of sp³-hybridized carbons (Fsp3) is 0.480. The molecule has 3 rings (SSSR count). The lowest BCUT2D eigenvalue weighted by Crippen LogP contribution is -2.41. The molecule has 2 N–H and O–H groups in total. The zero-order valence-electron chi connectivity index (χ0n) is 18.4. The standard InChI is InChI=1S/C25H36N4O/c1-3-28(4-2)20-22-14-12-21(13-15-22)18-26-25(30)27-19-24(29-16-8-9-17-29)23-10-6-5-7-11-23/h5-7,10-15,24H,3-4,8-9,16-20H2,1-2H3,(H2,26,27,30). The summed E-state index contributed by atoms with van der Waals surface area (Å²) in [6.45, 7) is 10.8. The number of hydrogen-bond donors (Lipinski definition) is 2. The number of carbonyl (C=O) groups excluding carboxylic acids is 1. The van der Waals surface area contributed by atoms with Crippen LogP contribution in [-0.2, 0) is 13.1 Å². The summed E-state index contributed by atoms with van der Waals surface area (Å²) in [6, 6.07) is 19.2. The van der Waals surface area contributed by atoms with Gasteiger partial charge in [0.1, 0.15) is 0 Å². The molecule has 30 heavy (non-hydrogen) atoms. The Morgan fingerprint density at radius 3 is 2.20 bits per heavy atom. The number of likely N-dealkylation sites (tertiary alicyclic amines) is 1. The van der Waals surface area contributed by atoms with Crippen LogP contribution >= 0.6 is 0 Å². The quantitative estimate of drug-likeness (QED) is 0.620. The molecule has 0 saturated carbocycles. The number of urea groups is 1. The van der Waals surface area contributed by atoms with Crippen LogP contribution in [-0.4, -0.2) is 48.6 Å². The first-order valence-corrected chi connectivity index (χ1v) is 11.3. The third kappa shape index (κ3) is 6.57. The molecule has 1 aliphatic rings. The van der Waals surface area contributed by atoms with Crippen molar-refractivity contribution in [3.63, 3.8) is 0 Å². The summed E-state index contributed by atoms with van der Waals surface area (Å²) in [5, 5.41) is 6.08. The second-order valence-corrected chi connectivity index (χ2v) is 8.01.